The molecule has 0 aliphatic carbocycles. The van der Waals surface area contributed by atoms with Crippen LogP contribution < -0.4 is 5.73 Å². The molecule has 90 valence electrons. The summed E-state index contributed by atoms with van der Waals surface area (Å²) >= 11 is 0. The molecule has 0 saturated heterocycles. The van der Waals surface area contributed by atoms with E-state index in [4.69, 9.17) is 5.73 Å². The molecule has 0 fully saturated rings. The van der Waals surface area contributed by atoms with Crippen LogP contribution in [-0.2, 0) is 5.60 Å². The first kappa shape index (κ1) is 11.6. The molecule has 0 saturated carbocycles. The highest BCUT2D eigenvalue weighted by atomic mass is 19.1. The van der Waals surface area contributed by atoms with Gasteiger partial charge in [-0.25, -0.2) is 9.07 Å². The number of benzene rings is 1. The van der Waals surface area contributed by atoms with E-state index < -0.39 is 11.4 Å². The Balaban J connectivity index is 2.40. The van der Waals surface area contributed by atoms with E-state index in [1.165, 1.54) is 16.8 Å². The van der Waals surface area contributed by atoms with Crippen LogP contribution in [0.25, 0.3) is 5.69 Å². The fourth-order valence-corrected chi connectivity index (χ4v) is 1.45. The minimum atomic E-state index is -1.02. The van der Waals surface area contributed by atoms with Crippen LogP contribution in [0.2, 0.25) is 0 Å². The third-order valence-electron chi connectivity index (χ3n) is 2.46. The van der Waals surface area contributed by atoms with Crippen LogP contribution in [0.1, 0.15) is 19.5 Å². The number of aliphatic hydroxyl groups is 1. The zero-order chi connectivity index (χ0) is 12.6. The summed E-state index contributed by atoms with van der Waals surface area (Å²) in [5.74, 6) is -0.484. The maximum Gasteiger partial charge on any atom is 0.148 e. The van der Waals surface area contributed by atoms with Crippen molar-refractivity contribution in [1.82, 2.24) is 9.78 Å². The lowest BCUT2D eigenvalue weighted by atomic mass is 10.1. The van der Waals surface area contributed by atoms with Gasteiger partial charge in [0.15, 0.2) is 0 Å². The Morgan fingerprint density at radius 3 is 2.59 bits per heavy atom. The molecule has 0 atom stereocenters. The number of halogens is 1. The first-order valence-corrected chi connectivity index (χ1v) is 5.22. The second-order valence-corrected chi connectivity index (χ2v) is 4.41. The second-order valence-electron chi connectivity index (χ2n) is 4.41. The second kappa shape index (κ2) is 3.85. The van der Waals surface area contributed by atoms with Gasteiger partial charge < -0.3 is 10.8 Å². The summed E-state index contributed by atoms with van der Waals surface area (Å²) in [5, 5.41) is 14.0. The van der Waals surface area contributed by atoms with Crippen LogP contribution in [0, 0.1) is 5.82 Å². The van der Waals surface area contributed by atoms with Gasteiger partial charge >= 0.3 is 0 Å². The van der Waals surface area contributed by atoms with Gasteiger partial charge in [-0.05, 0) is 32.0 Å². The van der Waals surface area contributed by atoms with Gasteiger partial charge in [-0.15, -0.1) is 0 Å². The molecule has 0 aliphatic rings. The summed E-state index contributed by atoms with van der Waals surface area (Å²) in [6.07, 6.45) is 1.66. The Kier molecular flexibility index (Phi) is 2.63. The van der Waals surface area contributed by atoms with E-state index in [9.17, 15) is 9.50 Å². The standard InChI is InChI=1S/C12H14FN3O/c1-12(2,17)11-5-6-16(15-11)8-3-4-10(14)9(13)7-8/h3-7,17H,14H2,1-2H3. The Labute approximate surface area is 98.5 Å². The van der Waals surface area contributed by atoms with Crippen molar-refractivity contribution in [2.75, 3.05) is 5.73 Å². The van der Waals surface area contributed by atoms with Crippen molar-refractivity contribution < 1.29 is 9.50 Å². The summed E-state index contributed by atoms with van der Waals surface area (Å²) in [6.45, 7) is 3.28. The molecule has 0 radical (unpaired) electrons. The Hall–Kier alpha value is -1.88. The lowest BCUT2D eigenvalue weighted by molar-refractivity contribution is 0.0734. The molecule has 0 amide bonds. The molecule has 17 heavy (non-hydrogen) atoms. The minimum Gasteiger partial charge on any atom is -0.396 e. The van der Waals surface area contributed by atoms with E-state index in [1.54, 1.807) is 32.2 Å². The fourth-order valence-electron chi connectivity index (χ4n) is 1.45. The van der Waals surface area contributed by atoms with Crippen molar-refractivity contribution in [2.45, 2.75) is 19.4 Å². The summed E-state index contributed by atoms with van der Waals surface area (Å²) < 4.78 is 14.8. The molecule has 0 spiro atoms. The van der Waals surface area contributed by atoms with Crippen molar-refractivity contribution in [3.05, 3.63) is 42.0 Å². The molecule has 3 N–H and O–H groups in total. The van der Waals surface area contributed by atoms with Gasteiger partial charge in [-0.2, -0.15) is 5.10 Å². The molecule has 1 aromatic carbocycles. The van der Waals surface area contributed by atoms with Crippen LogP contribution in [0.15, 0.2) is 30.5 Å². The number of anilines is 1. The van der Waals surface area contributed by atoms with Crippen molar-refractivity contribution in [3.8, 4) is 5.69 Å². The molecule has 5 heteroatoms. The van der Waals surface area contributed by atoms with E-state index in [-0.39, 0.29) is 5.69 Å². The zero-order valence-corrected chi connectivity index (χ0v) is 9.68. The molecular weight excluding hydrogens is 221 g/mol. The average Bonchev–Trinajstić information content (AvgIpc) is 2.70. The average molecular weight is 235 g/mol. The highest BCUT2D eigenvalue weighted by Crippen LogP contribution is 2.20. The molecule has 2 aromatic rings. The van der Waals surface area contributed by atoms with E-state index in [2.05, 4.69) is 5.10 Å². The molecule has 0 aliphatic heterocycles. The highest BCUT2D eigenvalue weighted by Gasteiger charge is 2.19. The van der Waals surface area contributed by atoms with E-state index in [0.717, 1.165) is 0 Å². The molecule has 0 bridgehead atoms. The monoisotopic (exact) mass is 235 g/mol. The minimum absolute atomic E-state index is 0.101. The Morgan fingerprint density at radius 2 is 2.06 bits per heavy atom. The van der Waals surface area contributed by atoms with Gasteiger partial charge in [0.05, 0.1) is 17.1 Å². The van der Waals surface area contributed by atoms with E-state index in [1.807, 2.05) is 0 Å². The number of rotatable bonds is 2. The summed E-state index contributed by atoms with van der Waals surface area (Å²) in [4.78, 5) is 0. The van der Waals surface area contributed by atoms with Crippen LogP contribution in [0.5, 0.6) is 0 Å². The topological polar surface area (TPSA) is 64.1 Å². The highest BCUT2D eigenvalue weighted by molar-refractivity contribution is 5.46. The smallest absolute Gasteiger partial charge is 0.148 e. The van der Waals surface area contributed by atoms with Crippen molar-refractivity contribution in [1.29, 1.82) is 0 Å². The maximum absolute atomic E-state index is 13.3. The molecular formula is C12H14FN3O. The number of aromatic nitrogens is 2. The van der Waals surface area contributed by atoms with Gasteiger partial charge in [0, 0.05) is 12.3 Å². The predicted molar refractivity (Wildman–Crippen MR) is 63.2 cm³/mol. The third-order valence-corrected chi connectivity index (χ3v) is 2.46. The van der Waals surface area contributed by atoms with E-state index >= 15 is 0 Å². The maximum atomic E-state index is 13.3. The molecule has 2 rings (SSSR count). The van der Waals surface area contributed by atoms with Crippen molar-refractivity contribution in [3.63, 3.8) is 0 Å². The Bertz CT molecular complexity index is 543. The number of hydrogen-bond acceptors (Lipinski definition) is 3. The van der Waals surface area contributed by atoms with Gasteiger partial charge in [0.1, 0.15) is 11.4 Å². The fraction of sp³-hybridized carbons (Fsp3) is 0.250. The number of nitrogens with two attached hydrogens (primary N) is 1. The zero-order valence-electron chi connectivity index (χ0n) is 9.68. The quantitative estimate of drug-likeness (QED) is 0.780. The Morgan fingerprint density at radius 1 is 1.35 bits per heavy atom. The first-order chi connectivity index (χ1) is 7.88. The number of nitrogen functional groups attached to an aromatic ring is 1. The van der Waals surface area contributed by atoms with Crippen molar-refractivity contribution >= 4 is 5.69 Å². The van der Waals surface area contributed by atoms with Gasteiger partial charge in [-0.1, -0.05) is 0 Å². The van der Waals surface area contributed by atoms with Gasteiger partial charge in [0.25, 0.3) is 0 Å². The third kappa shape index (κ3) is 2.29. The molecule has 0 unspecified atom stereocenters. The lowest BCUT2D eigenvalue weighted by Crippen LogP contribution is -2.16. The normalized spacial score (nSPS) is 11.8. The van der Waals surface area contributed by atoms with Crippen LogP contribution in [0.4, 0.5) is 10.1 Å². The molecule has 4 nitrogen and oxygen atoms in total. The van der Waals surface area contributed by atoms with E-state index in [0.29, 0.717) is 11.4 Å². The van der Waals surface area contributed by atoms with Crippen LogP contribution in [0.3, 0.4) is 0 Å². The number of nitrogens with zero attached hydrogens (tertiary/aromatic N) is 2. The predicted octanol–water partition coefficient (Wildman–Crippen LogP) is 1.82. The largest absolute Gasteiger partial charge is 0.396 e. The summed E-state index contributed by atoms with van der Waals surface area (Å²) in [7, 11) is 0. The first-order valence-electron chi connectivity index (χ1n) is 5.22. The molecule has 1 aromatic heterocycles. The van der Waals surface area contributed by atoms with Crippen LogP contribution in [-0.4, -0.2) is 14.9 Å². The molecule has 1 heterocycles. The van der Waals surface area contributed by atoms with Crippen LogP contribution >= 0.6 is 0 Å². The van der Waals surface area contributed by atoms with Crippen molar-refractivity contribution in [2.24, 2.45) is 0 Å². The summed E-state index contributed by atoms with van der Waals surface area (Å²) in [6, 6.07) is 6.14. The lowest BCUT2D eigenvalue weighted by Gasteiger charge is -2.13. The SMILES string of the molecule is CC(C)(O)c1ccn(-c2ccc(N)c(F)c2)n1. The van der Waals surface area contributed by atoms with Gasteiger partial charge in [-0.3, -0.25) is 0 Å². The summed E-state index contributed by atoms with van der Waals surface area (Å²) in [5.41, 5.74) is 5.57. The number of hydrogen-bond donors (Lipinski definition) is 2. The van der Waals surface area contributed by atoms with Gasteiger partial charge in [0.2, 0.25) is 0 Å².